The zero-order valence-corrected chi connectivity index (χ0v) is 7.51. The second-order valence-electron chi connectivity index (χ2n) is 3.57. The summed E-state index contributed by atoms with van der Waals surface area (Å²) in [4.78, 5) is 2.34. The lowest BCUT2D eigenvalue weighted by Crippen LogP contribution is -2.28. The van der Waals surface area contributed by atoms with E-state index in [0.29, 0.717) is 6.04 Å². The lowest BCUT2D eigenvalue weighted by atomic mass is 10.0. The number of hydrogen-bond donors (Lipinski definition) is 1. The second kappa shape index (κ2) is 3.88. The standard InChI is InChI=1S/C9H18N2/c1-8(10)6-9-4-3-5-11(2)7-9/h4,8H,3,5-7,10H2,1-2H3. The van der Waals surface area contributed by atoms with E-state index in [1.54, 1.807) is 0 Å². The zero-order chi connectivity index (χ0) is 8.27. The van der Waals surface area contributed by atoms with Gasteiger partial charge < -0.3 is 10.6 Å². The van der Waals surface area contributed by atoms with E-state index in [4.69, 9.17) is 5.73 Å². The van der Waals surface area contributed by atoms with Gasteiger partial charge in [-0.05, 0) is 26.8 Å². The summed E-state index contributed by atoms with van der Waals surface area (Å²) in [6, 6.07) is 0.313. The van der Waals surface area contributed by atoms with E-state index in [0.717, 1.165) is 13.0 Å². The van der Waals surface area contributed by atoms with Crippen molar-refractivity contribution >= 4 is 0 Å². The predicted octanol–water partition coefficient (Wildman–Crippen LogP) is 0.986. The zero-order valence-electron chi connectivity index (χ0n) is 7.51. The minimum absolute atomic E-state index is 0.313. The van der Waals surface area contributed by atoms with Crippen LogP contribution in [0.2, 0.25) is 0 Å². The molecule has 0 aliphatic carbocycles. The molecule has 1 atom stereocenters. The highest BCUT2D eigenvalue weighted by Gasteiger charge is 2.08. The van der Waals surface area contributed by atoms with Gasteiger partial charge in [0.2, 0.25) is 0 Å². The molecule has 0 aromatic rings. The van der Waals surface area contributed by atoms with Crippen LogP contribution in [-0.2, 0) is 0 Å². The molecule has 2 nitrogen and oxygen atoms in total. The van der Waals surface area contributed by atoms with Crippen molar-refractivity contribution in [1.29, 1.82) is 0 Å². The Morgan fingerprint density at radius 3 is 3.00 bits per heavy atom. The molecule has 1 heterocycles. The summed E-state index contributed by atoms with van der Waals surface area (Å²) in [5, 5.41) is 0. The van der Waals surface area contributed by atoms with E-state index < -0.39 is 0 Å². The van der Waals surface area contributed by atoms with Gasteiger partial charge in [0.05, 0.1) is 0 Å². The molecule has 2 heteroatoms. The largest absolute Gasteiger partial charge is 0.328 e. The lowest BCUT2D eigenvalue weighted by Gasteiger charge is -2.23. The van der Waals surface area contributed by atoms with Crippen LogP contribution in [0.5, 0.6) is 0 Å². The van der Waals surface area contributed by atoms with Gasteiger partial charge in [-0.2, -0.15) is 0 Å². The van der Waals surface area contributed by atoms with Crippen LogP contribution < -0.4 is 5.73 Å². The molecule has 0 radical (unpaired) electrons. The summed E-state index contributed by atoms with van der Waals surface area (Å²) in [7, 11) is 2.16. The quantitative estimate of drug-likeness (QED) is 0.601. The van der Waals surface area contributed by atoms with Crippen molar-refractivity contribution in [3.63, 3.8) is 0 Å². The fraction of sp³-hybridized carbons (Fsp3) is 0.778. The first kappa shape index (κ1) is 8.75. The maximum Gasteiger partial charge on any atom is 0.0190 e. The minimum Gasteiger partial charge on any atom is -0.328 e. The maximum absolute atomic E-state index is 5.71. The van der Waals surface area contributed by atoms with E-state index in [-0.39, 0.29) is 0 Å². The third-order valence-corrected chi connectivity index (χ3v) is 2.00. The van der Waals surface area contributed by atoms with Gasteiger partial charge in [-0.25, -0.2) is 0 Å². The Labute approximate surface area is 69.1 Å². The summed E-state index contributed by atoms with van der Waals surface area (Å²) in [5.41, 5.74) is 7.22. The smallest absolute Gasteiger partial charge is 0.0190 e. The molecule has 2 N–H and O–H groups in total. The summed E-state index contributed by atoms with van der Waals surface area (Å²) < 4.78 is 0. The molecule has 1 aliphatic rings. The Hall–Kier alpha value is -0.340. The third kappa shape index (κ3) is 3.04. The van der Waals surface area contributed by atoms with Crippen molar-refractivity contribution in [1.82, 2.24) is 4.90 Å². The van der Waals surface area contributed by atoms with Crippen molar-refractivity contribution in [2.75, 3.05) is 20.1 Å². The molecular weight excluding hydrogens is 136 g/mol. The van der Waals surface area contributed by atoms with E-state index in [9.17, 15) is 0 Å². The van der Waals surface area contributed by atoms with Crippen LogP contribution in [0.1, 0.15) is 19.8 Å². The number of nitrogens with zero attached hydrogens (tertiary/aromatic N) is 1. The van der Waals surface area contributed by atoms with E-state index in [2.05, 4.69) is 24.9 Å². The molecule has 0 aromatic carbocycles. The van der Waals surface area contributed by atoms with Crippen molar-refractivity contribution < 1.29 is 0 Å². The Kier molecular flexibility index (Phi) is 3.09. The SMILES string of the molecule is CC(N)CC1=CCCN(C)C1. The van der Waals surface area contributed by atoms with Crippen LogP contribution in [0.3, 0.4) is 0 Å². The van der Waals surface area contributed by atoms with E-state index in [1.165, 1.54) is 18.5 Å². The molecule has 0 fully saturated rings. The summed E-state index contributed by atoms with van der Waals surface area (Å²) in [5.74, 6) is 0. The van der Waals surface area contributed by atoms with Gasteiger partial charge in [0.1, 0.15) is 0 Å². The average molecular weight is 154 g/mol. The highest BCUT2D eigenvalue weighted by atomic mass is 15.1. The van der Waals surface area contributed by atoms with Crippen LogP contribution in [0, 0.1) is 0 Å². The Morgan fingerprint density at radius 1 is 1.73 bits per heavy atom. The van der Waals surface area contributed by atoms with Crippen molar-refractivity contribution in [3.8, 4) is 0 Å². The first-order chi connectivity index (χ1) is 5.18. The number of likely N-dealkylation sites (N-methyl/N-ethyl adjacent to an activating group) is 1. The number of nitrogens with two attached hydrogens (primary N) is 1. The molecular formula is C9H18N2. The van der Waals surface area contributed by atoms with Crippen LogP contribution in [-0.4, -0.2) is 31.1 Å². The molecule has 0 saturated heterocycles. The van der Waals surface area contributed by atoms with Gasteiger partial charge in [-0.1, -0.05) is 11.6 Å². The molecule has 0 amide bonds. The molecule has 0 aromatic heterocycles. The highest BCUT2D eigenvalue weighted by Crippen LogP contribution is 2.11. The van der Waals surface area contributed by atoms with Gasteiger partial charge in [0.15, 0.2) is 0 Å². The summed E-state index contributed by atoms with van der Waals surface area (Å²) in [6.07, 6.45) is 4.59. The molecule has 1 aliphatic heterocycles. The third-order valence-electron chi connectivity index (χ3n) is 2.00. The fourth-order valence-electron chi connectivity index (χ4n) is 1.54. The highest BCUT2D eigenvalue weighted by molar-refractivity contribution is 5.08. The van der Waals surface area contributed by atoms with Crippen molar-refractivity contribution in [2.45, 2.75) is 25.8 Å². The molecule has 11 heavy (non-hydrogen) atoms. The molecule has 0 saturated carbocycles. The maximum atomic E-state index is 5.71. The topological polar surface area (TPSA) is 29.3 Å². The Morgan fingerprint density at radius 2 is 2.45 bits per heavy atom. The Balaban J connectivity index is 2.38. The van der Waals surface area contributed by atoms with Crippen LogP contribution >= 0.6 is 0 Å². The molecule has 0 bridgehead atoms. The second-order valence-corrected chi connectivity index (χ2v) is 3.57. The summed E-state index contributed by atoms with van der Waals surface area (Å²) in [6.45, 7) is 4.37. The molecule has 1 unspecified atom stereocenters. The van der Waals surface area contributed by atoms with Crippen molar-refractivity contribution in [3.05, 3.63) is 11.6 Å². The monoisotopic (exact) mass is 154 g/mol. The van der Waals surface area contributed by atoms with Gasteiger partial charge in [0, 0.05) is 19.1 Å². The minimum atomic E-state index is 0.313. The van der Waals surface area contributed by atoms with Crippen LogP contribution in [0.15, 0.2) is 11.6 Å². The Bertz CT molecular complexity index is 150. The van der Waals surface area contributed by atoms with E-state index in [1.807, 2.05) is 0 Å². The van der Waals surface area contributed by atoms with Crippen LogP contribution in [0.4, 0.5) is 0 Å². The van der Waals surface area contributed by atoms with Crippen molar-refractivity contribution in [2.24, 2.45) is 5.73 Å². The molecule has 0 spiro atoms. The normalized spacial score (nSPS) is 23.0. The number of rotatable bonds is 2. The van der Waals surface area contributed by atoms with Gasteiger partial charge >= 0.3 is 0 Å². The first-order valence-electron chi connectivity index (χ1n) is 4.30. The van der Waals surface area contributed by atoms with Crippen LogP contribution in [0.25, 0.3) is 0 Å². The summed E-state index contributed by atoms with van der Waals surface area (Å²) >= 11 is 0. The lowest BCUT2D eigenvalue weighted by molar-refractivity contribution is 0.348. The first-order valence-corrected chi connectivity index (χ1v) is 4.30. The van der Waals surface area contributed by atoms with E-state index >= 15 is 0 Å². The fourth-order valence-corrected chi connectivity index (χ4v) is 1.54. The van der Waals surface area contributed by atoms with Gasteiger partial charge in [-0.15, -0.1) is 0 Å². The molecule has 64 valence electrons. The van der Waals surface area contributed by atoms with Gasteiger partial charge in [0.25, 0.3) is 0 Å². The average Bonchev–Trinajstić information content (AvgIpc) is 1.85. The predicted molar refractivity (Wildman–Crippen MR) is 48.5 cm³/mol. The van der Waals surface area contributed by atoms with Gasteiger partial charge in [-0.3, -0.25) is 0 Å². The number of hydrogen-bond acceptors (Lipinski definition) is 2. The molecule has 1 rings (SSSR count).